The Labute approximate surface area is 92.1 Å². The highest BCUT2D eigenvalue weighted by Crippen LogP contribution is 2.40. The molecule has 0 aliphatic heterocycles. The highest BCUT2D eigenvalue weighted by Gasteiger charge is 2.32. The molecule has 0 radical (unpaired) electrons. The van der Waals surface area contributed by atoms with Crippen LogP contribution in [0.15, 0.2) is 42.5 Å². The molecule has 0 fully saturated rings. The summed E-state index contributed by atoms with van der Waals surface area (Å²) in [5.74, 6) is 0.168. The van der Waals surface area contributed by atoms with Gasteiger partial charge in [0.15, 0.2) is 0 Å². The van der Waals surface area contributed by atoms with Crippen molar-refractivity contribution in [3.8, 4) is 6.07 Å². The fourth-order valence-corrected chi connectivity index (χ4v) is 1.64. The van der Waals surface area contributed by atoms with Gasteiger partial charge in [-0.05, 0) is 19.4 Å². The Hall–Kier alpha value is -1.55. The predicted octanol–water partition coefficient (Wildman–Crippen LogP) is 3.90. The van der Waals surface area contributed by atoms with Gasteiger partial charge in [-0.2, -0.15) is 5.26 Å². The van der Waals surface area contributed by atoms with Gasteiger partial charge in [-0.1, -0.05) is 49.4 Å². The van der Waals surface area contributed by atoms with Gasteiger partial charge in [0.05, 0.1) is 11.5 Å². The Morgan fingerprint density at radius 3 is 2.33 bits per heavy atom. The van der Waals surface area contributed by atoms with Gasteiger partial charge >= 0.3 is 0 Å². The molecule has 0 bridgehead atoms. The molecule has 0 heterocycles. The second-order valence-electron chi connectivity index (χ2n) is 4.23. The quantitative estimate of drug-likeness (QED) is 0.677. The summed E-state index contributed by atoms with van der Waals surface area (Å²) in [6.45, 7) is 9.87. The highest BCUT2D eigenvalue weighted by atomic mass is 14.4. The van der Waals surface area contributed by atoms with E-state index in [1.165, 1.54) is 5.56 Å². The normalized spacial score (nSPS) is 16.1. The lowest BCUT2D eigenvalue weighted by atomic mass is 9.71. The number of nitriles is 1. The van der Waals surface area contributed by atoms with Crippen molar-refractivity contribution in [2.75, 3.05) is 0 Å². The average Bonchev–Trinajstić information content (AvgIpc) is 2.28. The van der Waals surface area contributed by atoms with E-state index in [0.29, 0.717) is 0 Å². The third-order valence-electron chi connectivity index (χ3n) is 3.28. The van der Waals surface area contributed by atoms with E-state index >= 15 is 0 Å². The van der Waals surface area contributed by atoms with Crippen LogP contribution in [0, 0.1) is 16.7 Å². The van der Waals surface area contributed by atoms with Gasteiger partial charge in [-0.3, -0.25) is 0 Å². The molecule has 15 heavy (non-hydrogen) atoms. The van der Waals surface area contributed by atoms with Gasteiger partial charge in [0.1, 0.15) is 0 Å². The molecule has 1 heteroatoms. The van der Waals surface area contributed by atoms with Gasteiger partial charge in [0, 0.05) is 5.92 Å². The van der Waals surface area contributed by atoms with Crippen LogP contribution in [0.25, 0.3) is 0 Å². The van der Waals surface area contributed by atoms with Crippen LogP contribution in [-0.4, -0.2) is 0 Å². The van der Waals surface area contributed by atoms with E-state index in [1.54, 1.807) is 0 Å². The van der Waals surface area contributed by atoms with Crippen molar-refractivity contribution in [1.29, 1.82) is 5.26 Å². The molecule has 0 N–H and O–H groups in total. The van der Waals surface area contributed by atoms with Crippen LogP contribution < -0.4 is 0 Å². The van der Waals surface area contributed by atoms with Crippen LogP contribution in [0.4, 0.5) is 0 Å². The molecule has 0 aliphatic carbocycles. The van der Waals surface area contributed by atoms with Crippen LogP contribution >= 0.6 is 0 Å². The molecule has 2 atom stereocenters. The van der Waals surface area contributed by atoms with Gasteiger partial charge in [0.25, 0.3) is 0 Å². The standard InChI is InChI=1S/C14H17N/c1-11(2)14(4,10-15)12(3)13-8-6-5-7-9-13/h5-9,12H,1H2,2-4H3/t12-,14-/m0/s1. The summed E-state index contributed by atoms with van der Waals surface area (Å²) in [4.78, 5) is 0. The first-order chi connectivity index (χ1) is 7.02. The first-order valence-electron chi connectivity index (χ1n) is 5.14. The minimum Gasteiger partial charge on any atom is -0.197 e. The van der Waals surface area contributed by atoms with E-state index in [1.807, 2.05) is 32.0 Å². The van der Waals surface area contributed by atoms with Crippen molar-refractivity contribution in [1.82, 2.24) is 0 Å². The lowest BCUT2D eigenvalue weighted by Crippen LogP contribution is -2.22. The Morgan fingerprint density at radius 1 is 1.40 bits per heavy atom. The van der Waals surface area contributed by atoms with Crippen LogP contribution in [0.1, 0.15) is 32.3 Å². The number of rotatable bonds is 3. The molecule has 0 saturated carbocycles. The second-order valence-corrected chi connectivity index (χ2v) is 4.23. The van der Waals surface area contributed by atoms with Gasteiger partial charge in [-0.15, -0.1) is 0 Å². The van der Waals surface area contributed by atoms with Crippen LogP contribution in [0.5, 0.6) is 0 Å². The molecule has 0 spiro atoms. The lowest BCUT2D eigenvalue weighted by Gasteiger charge is -2.29. The van der Waals surface area contributed by atoms with Crippen molar-refractivity contribution in [2.24, 2.45) is 5.41 Å². The topological polar surface area (TPSA) is 23.8 Å². The summed E-state index contributed by atoms with van der Waals surface area (Å²) in [7, 11) is 0. The van der Waals surface area contributed by atoms with Crippen molar-refractivity contribution < 1.29 is 0 Å². The maximum absolute atomic E-state index is 9.28. The molecule has 0 amide bonds. The zero-order valence-corrected chi connectivity index (χ0v) is 9.62. The molecular formula is C14H17N. The predicted molar refractivity (Wildman–Crippen MR) is 63.4 cm³/mol. The van der Waals surface area contributed by atoms with E-state index in [2.05, 4.69) is 31.7 Å². The zero-order valence-electron chi connectivity index (χ0n) is 9.62. The summed E-state index contributed by atoms with van der Waals surface area (Å²) < 4.78 is 0. The van der Waals surface area contributed by atoms with E-state index in [0.717, 1.165) is 5.57 Å². The number of benzene rings is 1. The molecule has 1 aromatic rings. The lowest BCUT2D eigenvalue weighted by molar-refractivity contribution is 0.438. The smallest absolute Gasteiger partial charge is 0.0814 e. The second kappa shape index (κ2) is 4.31. The summed E-state index contributed by atoms with van der Waals surface area (Å²) >= 11 is 0. The van der Waals surface area contributed by atoms with E-state index in [9.17, 15) is 5.26 Å². The van der Waals surface area contributed by atoms with Crippen molar-refractivity contribution >= 4 is 0 Å². The van der Waals surface area contributed by atoms with Crippen LogP contribution in [0.2, 0.25) is 0 Å². The SMILES string of the molecule is C=C(C)[C@](C)(C#N)[C@@H](C)c1ccccc1. The van der Waals surface area contributed by atoms with E-state index in [-0.39, 0.29) is 5.92 Å². The fourth-order valence-electron chi connectivity index (χ4n) is 1.64. The molecule has 1 aromatic carbocycles. The number of hydrogen-bond donors (Lipinski definition) is 0. The Bertz CT molecular complexity index is 386. The number of nitrogens with zero attached hydrogens (tertiary/aromatic N) is 1. The first-order valence-corrected chi connectivity index (χ1v) is 5.14. The molecule has 0 aromatic heterocycles. The molecule has 1 nitrogen and oxygen atoms in total. The minimum atomic E-state index is -0.485. The molecule has 0 aliphatic rings. The van der Waals surface area contributed by atoms with Crippen LogP contribution in [-0.2, 0) is 0 Å². The minimum absolute atomic E-state index is 0.168. The summed E-state index contributed by atoms with van der Waals surface area (Å²) in [5, 5.41) is 9.28. The molecule has 1 rings (SSSR count). The number of hydrogen-bond acceptors (Lipinski definition) is 1. The maximum atomic E-state index is 9.28. The molecule has 78 valence electrons. The van der Waals surface area contributed by atoms with Gasteiger partial charge < -0.3 is 0 Å². The Balaban J connectivity index is 3.09. The average molecular weight is 199 g/mol. The van der Waals surface area contributed by atoms with Gasteiger partial charge in [0.2, 0.25) is 0 Å². The number of allylic oxidation sites excluding steroid dienone is 1. The Kier molecular flexibility index (Phi) is 3.31. The van der Waals surface area contributed by atoms with Crippen molar-refractivity contribution in [3.05, 3.63) is 48.0 Å². The van der Waals surface area contributed by atoms with Gasteiger partial charge in [-0.25, -0.2) is 0 Å². The largest absolute Gasteiger partial charge is 0.197 e. The monoisotopic (exact) mass is 199 g/mol. The van der Waals surface area contributed by atoms with Crippen molar-refractivity contribution in [2.45, 2.75) is 26.7 Å². The molecule has 0 unspecified atom stereocenters. The third-order valence-corrected chi connectivity index (χ3v) is 3.28. The van der Waals surface area contributed by atoms with E-state index < -0.39 is 5.41 Å². The van der Waals surface area contributed by atoms with Crippen molar-refractivity contribution in [3.63, 3.8) is 0 Å². The zero-order chi connectivity index (χ0) is 11.5. The summed E-state index contributed by atoms with van der Waals surface area (Å²) in [6, 6.07) is 12.5. The highest BCUT2D eigenvalue weighted by molar-refractivity contribution is 5.30. The fraction of sp³-hybridized carbons (Fsp3) is 0.357. The van der Waals surface area contributed by atoms with E-state index in [4.69, 9.17) is 0 Å². The maximum Gasteiger partial charge on any atom is 0.0814 e. The third kappa shape index (κ3) is 2.10. The molecule has 0 saturated heterocycles. The Morgan fingerprint density at radius 2 is 1.93 bits per heavy atom. The van der Waals surface area contributed by atoms with Crippen LogP contribution in [0.3, 0.4) is 0 Å². The summed E-state index contributed by atoms with van der Waals surface area (Å²) in [5.41, 5.74) is 1.62. The first kappa shape index (κ1) is 11.5. The molecular weight excluding hydrogens is 182 g/mol. The summed E-state index contributed by atoms with van der Waals surface area (Å²) in [6.07, 6.45) is 0.